The van der Waals surface area contributed by atoms with E-state index < -0.39 is 7.14 Å². The van der Waals surface area contributed by atoms with Crippen LogP contribution in [0.25, 0.3) is 22.0 Å². The second-order valence-corrected chi connectivity index (χ2v) is 13.3. The molecule has 0 unspecified atom stereocenters. The summed E-state index contributed by atoms with van der Waals surface area (Å²) in [4.78, 5) is 4.60. The molecule has 0 aliphatic rings. The minimum Gasteiger partial charge on any atom is -0.311 e. The zero-order chi connectivity index (χ0) is 28.8. The van der Waals surface area contributed by atoms with Gasteiger partial charge >= 0.3 is 0 Å². The molecule has 0 atom stereocenters. The zero-order valence-corrected chi connectivity index (χ0v) is 27.6. The maximum atomic E-state index is 13.8. The molecule has 6 aromatic rings. The van der Waals surface area contributed by atoms with Crippen molar-refractivity contribution in [1.82, 2.24) is 4.98 Å². The van der Waals surface area contributed by atoms with Crippen molar-refractivity contribution in [2.45, 2.75) is 33.6 Å². The van der Waals surface area contributed by atoms with Crippen LogP contribution in [0.4, 0.5) is 0 Å². The van der Waals surface area contributed by atoms with E-state index in [0.717, 1.165) is 32.7 Å². The Labute approximate surface area is 263 Å². The Morgan fingerprint density at radius 3 is 1.95 bits per heavy atom. The Morgan fingerprint density at radius 1 is 0.738 bits per heavy atom. The molecule has 0 saturated heterocycles. The molecule has 1 radical (unpaired) electrons. The normalized spacial score (nSPS) is 11.0. The number of fused-ring (bicyclic) bond motifs is 1. The fraction of sp³-hybridized carbons (Fsp3) is 0.132. The summed E-state index contributed by atoms with van der Waals surface area (Å²) in [7, 11) is -2.83. The molecule has 0 N–H and O–H groups in total. The van der Waals surface area contributed by atoms with Crippen LogP contribution in [0, 0.1) is 26.0 Å². The molecule has 1 heterocycles. The first-order chi connectivity index (χ1) is 19.9. The van der Waals surface area contributed by atoms with Crippen molar-refractivity contribution >= 4 is 33.8 Å². The van der Waals surface area contributed by atoms with Crippen LogP contribution in [0.3, 0.4) is 0 Å². The molecule has 4 heteroatoms. The maximum absolute atomic E-state index is 13.8. The van der Waals surface area contributed by atoms with E-state index in [-0.39, 0.29) is 20.1 Å². The quantitative estimate of drug-likeness (QED) is 0.131. The van der Waals surface area contributed by atoms with E-state index in [1.165, 1.54) is 21.9 Å². The van der Waals surface area contributed by atoms with Gasteiger partial charge in [0.25, 0.3) is 0 Å². The number of aryl methyl sites for hydroxylation is 2. The van der Waals surface area contributed by atoms with Crippen LogP contribution in [0.2, 0.25) is 0 Å². The summed E-state index contributed by atoms with van der Waals surface area (Å²) in [5.41, 5.74) is 5.87. The maximum Gasteiger partial charge on any atom is 0.147 e. The Balaban J connectivity index is 0.000000189. The van der Waals surface area contributed by atoms with Crippen LogP contribution < -0.4 is 15.9 Å². The van der Waals surface area contributed by atoms with Gasteiger partial charge in [-0.05, 0) is 34.0 Å². The van der Waals surface area contributed by atoms with E-state index >= 15 is 0 Å². The van der Waals surface area contributed by atoms with Crippen LogP contribution in [-0.2, 0) is 24.7 Å². The molecule has 213 valence electrons. The topological polar surface area (TPSA) is 30.0 Å². The first-order valence-corrected chi connectivity index (χ1v) is 15.6. The monoisotopic (exact) mass is 744 g/mol. The van der Waals surface area contributed by atoms with Gasteiger partial charge in [-0.2, -0.15) is 30.3 Å². The summed E-state index contributed by atoms with van der Waals surface area (Å²) in [6.07, 6.45) is 1.90. The molecule has 0 aliphatic heterocycles. The number of hydrogen-bond acceptors (Lipinski definition) is 2. The number of aromatic nitrogens is 1. The van der Waals surface area contributed by atoms with Crippen LogP contribution in [0.1, 0.15) is 36.5 Å². The molecular weight excluding hydrogens is 710 g/mol. The fourth-order valence-electron chi connectivity index (χ4n) is 5.08. The number of benzene rings is 5. The van der Waals surface area contributed by atoms with E-state index in [0.29, 0.717) is 5.92 Å². The predicted octanol–water partition coefficient (Wildman–Crippen LogP) is 8.57. The van der Waals surface area contributed by atoms with E-state index in [1.807, 2.05) is 91.1 Å². The number of nitrogens with zero attached hydrogens (tertiary/aromatic N) is 1. The predicted molar refractivity (Wildman–Crippen MR) is 174 cm³/mol. The minimum absolute atomic E-state index is 0. The Morgan fingerprint density at radius 2 is 1.38 bits per heavy atom. The first kappa shape index (κ1) is 31.3. The fourth-order valence-corrected chi connectivity index (χ4v) is 7.67. The van der Waals surface area contributed by atoms with Gasteiger partial charge in [0.2, 0.25) is 0 Å². The summed E-state index contributed by atoms with van der Waals surface area (Å²) in [5.74, 6) is 0.541. The average Bonchev–Trinajstić information content (AvgIpc) is 3.01. The van der Waals surface area contributed by atoms with E-state index in [9.17, 15) is 4.57 Å². The Bertz CT molecular complexity index is 1680. The number of rotatable bonds is 5. The van der Waals surface area contributed by atoms with Crippen molar-refractivity contribution in [3.05, 3.63) is 156 Å². The van der Waals surface area contributed by atoms with Crippen LogP contribution in [-0.4, -0.2) is 4.98 Å². The average molecular weight is 744 g/mol. The zero-order valence-electron chi connectivity index (χ0n) is 24.3. The largest absolute Gasteiger partial charge is 0.311 e. The van der Waals surface area contributed by atoms with E-state index in [4.69, 9.17) is 0 Å². The van der Waals surface area contributed by atoms with Crippen LogP contribution in [0.15, 0.2) is 128 Å². The van der Waals surface area contributed by atoms with Gasteiger partial charge in [-0.25, -0.2) is 0 Å². The first-order valence-electron chi connectivity index (χ1n) is 13.9. The molecule has 6 rings (SSSR count). The second-order valence-electron chi connectivity index (χ2n) is 10.6. The molecule has 0 fully saturated rings. The van der Waals surface area contributed by atoms with Gasteiger partial charge in [-0.1, -0.05) is 112 Å². The molecular formula is C38H34IrNOP-2. The van der Waals surface area contributed by atoms with Gasteiger partial charge in [-0.15, -0.1) is 34.9 Å². The van der Waals surface area contributed by atoms with Crippen molar-refractivity contribution in [2.75, 3.05) is 0 Å². The molecule has 0 bridgehead atoms. The molecule has 2 nitrogen and oxygen atoms in total. The number of hydrogen-bond donors (Lipinski definition) is 0. The third-order valence-electron chi connectivity index (χ3n) is 7.13. The smallest absolute Gasteiger partial charge is 0.147 e. The molecule has 0 saturated carbocycles. The summed E-state index contributed by atoms with van der Waals surface area (Å²) < 4.78 is 13.8. The summed E-state index contributed by atoms with van der Waals surface area (Å²) in [6.45, 7) is 8.65. The van der Waals surface area contributed by atoms with Gasteiger partial charge in [0.1, 0.15) is 7.14 Å². The summed E-state index contributed by atoms with van der Waals surface area (Å²) >= 11 is 0. The van der Waals surface area contributed by atoms with Crippen molar-refractivity contribution in [2.24, 2.45) is 0 Å². The van der Waals surface area contributed by atoms with E-state index in [1.54, 1.807) is 0 Å². The van der Waals surface area contributed by atoms with Crippen molar-refractivity contribution < 1.29 is 24.7 Å². The minimum atomic E-state index is -2.83. The summed E-state index contributed by atoms with van der Waals surface area (Å²) in [5, 5.41) is 4.88. The number of pyridine rings is 1. The van der Waals surface area contributed by atoms with Crippen molar-refractivity contribution in [3.8, 4) is 11.3 Å². The van der Waals surface area contributed by atoms with Gasteiger partial charge in [0, 0.05) is 36.9 Å². The third kappa shape index (κ3) is 6.88. The van der Waals surface area contributed by atoms with Gasteiger partial charge in [0.15, 0.2) is 0 Å². The van der Waals surface area contributed by atoms with Crippen LogP contribution >= 0.6 is 7.14 Å². The van der Waals surface area contributed by atoms with E-state index in [2.05, 4.69) is 81.2 Å². The van der Waals surface area contributed by atoms with Gasteiger partial charge in [0.05, 0.1) is 0 Å². The molecule has 0 amide bonds. The Hall–Kier alpha value is -3.61. The van der Waals surface area contributed by atoms with Gasteiger partial charge in [-0.3, -0.25) is 0 Å². The molecule has 0 aliphatic carbocycles. The molecule has 0 spiro atoms. The molecule has 5 aromatic carbocycles. The standard InChI is InChI=1S/C20H20N.C18H14OP.Ir/c1-13(2)16-5-6-19-17(12-16)7-8-21-20(19)18-10-14(3)9-15(4)11-18;19-20(16-10-4-1-5-11-16,17-12-6-2-7-13-17)18-14-8-3-9-15-18;/h5-10,12-13H,1-4H3;1-14H;/q2*-1;. The second kappa shape index (κ2) is 14.0. The Kier molecular flexibility index (Phi) is 10.5. The third-order valence-corrected chi connectivity index (χ3v) is 10.1. The SMILES string of the molecule is Cc1[c-]c(-c2nccc3cc(C(C)C)ccc23)cc(C)c1.O=P(c1[c-]cccc1)(c1ccccc1)c1ccccc1.[Ir]. The van der Waals surface area contributed by atoms with Crippen molar-refractivity contribution in [1.29, 1.82) is 0 Å². The van der Waals surface area contributed by atoms with Crippen LogP contribution in [0.5, 0.6) is 0 Å². The molecule has 42 heavy (non-hydrogen) atoms. The van der Waals surface area contributed by atoms with Crippen molar-refractivity contribution in [3.63, 3.8) is 0 Å². The van der Waals surface area contributed by atoms with Gasteiger partial charge < -0.3 is 9.55 Å². The summed E-state index contributed by atoms with van der Waals surface area (Å²) in [6, 6.07) is 46.4. The molecule has 1 aromatic heterocycles.